The smallest absolute Gasteiger partial charge is 0.234 e. The molecular weight excluding hydrogens is 186 g/mol. The third-order valence-electron chi connectivity index (χ3n) is 2.65. The number of imidazole rings is 1. The minimum absolute atomic E-state index is 0.474. The maximum Gasteiger partial charge on any atom is 0.234 e. The molecule has 0 radical (unpaired) electrons. The first-order valence-electron chi connectivity index (χ1n) is 5.43. The first-order valence-corrected chi connectivity index (χ1v) is 5.43. The van der Waals surface area contributed by atoms with Crippen molar-refractivity contribution in [3.05, 3.63) is 29.8 Å². The molecule has 0 spiro atoms. The fourth-order valence-corrected chi connectivity index (χ4v) is 1.82. The van der Waals surface area contributed by atoms with Crippen LogP contribution < -0.4 is 0 Å². The number of aromatic nitrogens is 3. The lowest BCUT2D eigenvalue weighted by Crippen LogP contribution is -2.04. The molecule has 80 valence electrons. The molecule has 0 N–H and O–H groups in total. The molecule has 15 heavy (non-hydrogen) atoms. The van der Waals surface area contributed by atoms with Crippen LogP contribution in [0.4, 0.5) is 0 Å². The zero-order chi connectivity index (χ0) is 11.0. The highest BCUT2D eigenvalue weighted by Crippen LogP contribution is 2.21. The molecule has 0 fully saturated rings. The van der Waals surface area contributed by atoms with Crippen molar-refractivity contribution in [2.45, 2.75) is 39.5 Å². The van der Waals surface area contributed by atoms with E-state index >= 15 is 0 Å². The molecule has 3 heteroatoms. The number of hydrogen-bond donors (Lipinski definition) is 0. The Morgan fingerprint density at radius 2 is 1.67 bits per heavy atom. The Bertz CT molecular complexity index is 469. The van der Waals surface area contributed by atoms with E-state index in [1.165, 1.54) is 11.4 Å². The van der Waals surface area contributed by atoms with E-state index in [1.807, 2.05) is 12.4 Å². The second-order valence-corrected chi connectivity index (χ2v) is 4.50. The zero-order valence-corrected chi connectivity index (χ0v) is 9.73. The van der Waals surface area contributed by atoms with Gasteiger partial charge in [-0.25, -0.2) is 9.97 Å². The zero-order valence-electron chi connectivity index (χ0n) is 9.73. The quantitative estimate of drug-likeness (QED) is 0.751. The summed E-state index contributed by atoms with van der Waals surface area (Å²) in [6, 6.07) is 2.07. The molecular formula is C12H17N3. The maximum absolute atomic E-state index is 4.33. The lowest BCUT2D eigenvalue weighted by Gasteiger charge is -2.12. The monoisotopic (exact) mass is 203 g/mol. The molecule has 0 bridgehead atoms. The first kappa shape index (κ1) is 10.1. The maximum atomic E-state index is 4.33. The van der Waals surface area contributed by atoms with Gasteiger partial charge in [-0.05, 0) is 17.9 Å². The SMILES string of the molecule is CC(C)c1ccnc2ncc(C(C)C)n12. The summed E-state index contributed by atoms with van der Waals surface area (Å²) in [5.41, 5.74) is 2.52. The third-order valence-corrected chi connectivity index (χ3v) is 2.65. The second-order valence-electron chi connectivity index (χ2n) is 4.50. The molecule has 0 unspecified atom stereocenters. The Hall–Kier alpha value is -1.38. The molecule has 2 aromatic heterocycles. The number of hydrogen-bond acceptors (Lipinski definition) is 2. The largest absolute Gasteiger partial charge is 0.285 e. The van der Waals surface area contributed by atoms with Crippen molar-refractivity contribution in [2.24, 2.45) is 0 Å². The van der Waals surface area contributed by atoms with E-state index in [1.54, 1.807) is 0 Å². The summed E-state index contributed by atoms with van der Waals surface area (Å²) >= 11 is 0. The lowest BCUT2D eigenvalue weighted by molar-refractivity contribution is 0.738. The van der Waals surface area contributed by atoms with Crippen LogP contribution in [0, 0.1) is 0 Å². The Morgan fingerprint density at radius 1 is 1.00 bits per heavy atom. The van der Waals surface area contributed by atoms with Crippen LogP contribution in [0.15, 0.2) is 18.5 Å². The van der Waals surface area contributed by atoms with Gasteiger partial charge in [0.1, 0.15) is 0 Å². The second kappa shape index (κ2) is 3.65. The average Bonchev–Trinajstić information content (AvgIpc) is 2.60. The molecule has 0 amide bonds. The summed E-state index contributed by atoms with van der Waals surface area (Å²) in [5.74, 6) is 1.77. The van der Waals surface area contributed by atoms with E-state index in [9.17, 15) is 0 Å². The van der Waals surface area contributed by atoms with Crippen molar-refractivity contribution in [1.29, 1.82) is 0 Å². The Labute approximate surface area is 90.2 Å². The average molecular weight is 203 g/mol. The van der Waals surface area contributed by atoms with Crippen LogP contribution in [0.2, 0.25) is 0 Å². The van der Waals surface area contributed by atoms with E-state index in [4.69, 9.17) is 0 Å². The first-order chi connectivity index (χ1) is 7.11. The van der Waals surface area contributed by atoms with Gasteiger partial charge in [0.05, 0.1) is 6.20 Å². The van der Waals surface area contributed by atoms with Gasteiger partial charge in [0.15, 0.2) is 0 Å². The number of rotatable bonds is 2. The molecule has 0 saturated heterocycles. The molecule has 2 rings (SSSR count). The Morgan fingerprint density at radius 3 is 2.27 bits per heavy atom. The van der Waals surface area contributed by atoms with Gasteiger partial charge in [0.2, 0.25) is 5.78 Å². The summed E-state index contributed by atoms with van der Waals surface area (Å²) < 4.78 is 2.18. The van der Waals surface area contributed by atoms with Gasteiger partial charge >= 0.3 is 0 Å². The van der Waals surface area contributed by atoms with Gasteiger partial charge < -0.3 is 0 Å². The predicted molar refractivity (Wildman–Crippen MR) is 61.2 cm³/mol. The van der Waals surface area contributed by atoms with Crippen LogP contribution in [-0.4, -0.2) is 14.4 Å². The van der Waals surface area contributed by atoms with E-state index in [-0.39, 0.29) is 0 Å². The summed E-state index contributed by atoms with van der Waals surface area (Å²) in [6.07, 6.45) is 3.76. The van der Waals surface area contributed by atoms with Crippen LogP contribution in [0.1, 0.15) is 50.9 Å². The fourth-order valence-electron chi connectivity index (χ4n) is 1.82. The van der Waals surface area contributed by atoms with Gasteiger partial charge in [0, 0.05) is 17.6 Å². The van der Waals surface area contributed by atoms with E-state index in [0.29, 0.717) is 11.8 Å². The van der Waals surface area contributed by atoms with E-state index in [0.717, 1.165) is 5.78 Å². The van der Waals surface area contributed by atoms with Crippen molar-refractivity contribution >= 4 is 5.78 Å². The van der Waals surface area contributed by atoms with Crippen molar-refractivity contribution in [1.82, 2.24) is 14.4 Å². The summed E-state index contributed by atoms with van der Waals surface area (Å²) in [5, 5.41) is 0. The third kappa shape index (κ3) is 1.62. The predicted octanol–water partition coefficient (Wildman–Crippen LogP) is 2.98. The van der Waals surface area contributed by atoms with Gasteiger partial charge in [0.25, 0.3) is 0 Å². The summed E-state index contributed by atoms with van der Waals surface area (Å²) in [4.78, 5) is 8.61. The molecule has 0 aliphatic heterocycles. The van der Waals surface area contributed by atoms with Crippen molar-refractivity contribution in [3.63, 3.8) is 0 Å². The highest BCUT2D eigenvalue weighted by Gasteiger charge is 2.12. The topological polar surface area (TPSA) is 30.2 Å². The molecule has 2 aromatic rings. The molecule has 2 heterocycles. The summed E-state index contributed by atoms with van der Waals surface area (Å²) in [7, 11) is 0. The number of fused-ring (bicyclic) bond motifs is 1. The van der Waals surface area contributed by atoms with Crippen LogP contribution in [-0.2, 0) is 0 Å². The van der Waals surface area contributed by atoms with Gasteiger partial charge in [-0.15, -0.1) is 0 Å². The van der Waals surface area contributed by atoms with Crippen molar-refractivity contribution < 1.29 is 0 Å². The molecule has 0 aliphatic carbocycles. The molecule has 0 saturated carbocycles. The summed E-state index contributed by atoms with van der Waals surface area (Å²) in [6.45, 7) is 8.75. The fraction of sp³-hybridized carbons (Fsp3) is 0.500. The molecule has 0 aromatic carbocycles. The van der Waals surface area contributed by atoms with E-state index in [2.05, 4.69) is 48.1 Å². The van der Waals surface area contributed by atoms with Crippen LogP contribution >= 0.6 is 0 Å². The van der Waals surface area contributed by atoms with Gasteiger partial charge in [-0.1, -0.05) is 27.7 Å². The van der Waals surface area contributed by atoms with Gasteiger partial charge in [-0.3, -0.25) is 4.40 Å². The Kier molecular flexibility index (Phi) is 2.47. The number of nitrogens with zero attached hydrogens (tertiary/aromatic N) is 3. The van der Waals surface area contributed by atoms with Crippen molar-refractivity contribution in [2.75, 3.05) is 0 Å². The highest BCUT2D eigenvalue weighted by atomic mass is 15.1. The molecule has 0 aliphatic rings. The van der Waals surface area contributed by atoms with Crippen LogP contribution in [0.25, 0.3) is 5.78 Å². The lowest BCUT2D eigenvalue weighted by atomic mass is 10.1. The van der Waals surface area contributed by atoms with Gasteiger partial charge in [-0.2, -0.15) is 0 Å². The standard InChI is InChI=1S/C12H17N3/c1-8(2)10-5-6-13-12-14-7-11(9(3)4)15(10)12/h5-9H,1-4H3. The molecule has 3 nitrogen and oxygen atoms in total. The Balaban J connectivity index is 2.75. The highest BCUT2D eigenvalue weighted by molar-refractivity contribution is 5.35. The van der Waals surface area contributed by atoms with Crippen LogP contribution in [0.3, 0.4) is 0 Å². The van der Waals surface area contributed by atoms with Crippen molar-refractivity contribution in [3.8, 4) is 0 Å². The minimum Gasteiger partial charge on any atom is -0.285 e. The normalized spacial score (nSPS) is 11.9. The minimum atomic E-state index is 0.474. The van der Waals surface area contributed by atoms with Crippen LogP contribution in [0.5, 0.6) is 0 Å². The molecule has 0 atom stereocenters. The van der Waals surface area contributed by atoms with E-state index < -0.39 is 0 Å².